The van der Waals surface area contributed by atoms with E-state index in [1.807, 2.05) is 18.2 Å². The molecule has 2 fully saturated rings. The Labute approximate surface area is 297 Å². The molecule has 0 bridgehead atoms. The van der Waals surface area contributed by atoms with Crippen molar-refractivity contribution < 1.29 is 43.8 Å². The molecule has 51 heavy (non-hydrogen) atoms. The van der Waals surface area contributed by atoms with Crippen LogP contribution in [0.1, 0.15) is 37.4 Å². The van der Waals surface area contributed by atoms with Gasteiger partial charge in [-0.2, -0.15) is 5.26 Å². The van der Waals surface area contributed by atoms with Gasteiger partial charge in [0.15, 0.2) is 6.29 Å². The number of carbonyl (C=O) groups is 1. The molecule has 3 aromatic rings. The van der Waals surface area contributed by atoms with E-state index in [0.717, 1.165) is 29.4 Å². The zero-order chi connectivity index (χ0) is 36.2. The number of nitrogens with zero attached hydrogens (tertiary/aromatic N) is 5. The fraction of sp³-hybridized carbons (Fsp3) is 0.556. The number of hydrogen-bond donors (Lipinski definition) is 4. The molecule has 0 spiro atoms. The third-order valence-corrected chi connectivity index (χ3v) is 9.07. The monoisotopic (exact) mass is 708 g/mol. The molecule has 15 nitrogen and oxygen atoms in total. The summed E-state index contributed by atoms with van der Waals surface area (Å²) in [5, 5.41) is 52.9. The number of aromatic nitrogens is 3. The molecule has 2 aliphatic rings. The highest BCUT2D eigenvalue weighted by atomic mass is 16.7. The number of aliphatic hydroxyl groups excluding tert-OH is 3. The second-order valence-electron chi connectivity index (χ2n) is 12.6. The molecule has 276 valence electrons. The van der Waals surface area contributed by atoms with Gasteiger partial charge >= 0.3 is 0 Å². The molecule has 1 aromatic heterocycles. The minimum Gasteiger partial charge on any atom is -0.388 e. The highest BCUT2D eigenvalue weighted by molar-refractivity contribution is 6.05. The first-order chi connectivity index (χ1) is 24.8. The van der Waals surface area contributed by atoms with Crippen LogP contribution < -0.4 is 10.2 Å². The summed E-state index contributed by atoms with van der Waals surface area (Å²) in [5.41, 5.74) is 3.31. The predicted octanol–water partition coefficient (Wildman–Crippen LogP) is 1.54. The van der Waals surface area contributed by atoms with Crippen molar-refractivity contribution in [2.45, 2.75) is 70.0 Å². The first-order valence-corrected chi connectivity index (χ1v) is 17.3. The van der Waals surface area contributed by atoms with Crippen molar-refractivity contribution in [2.24, 2.45) is 0 Å². The summed E-state index contributed by atoms with van der Waals surface area (Å²) in [7, 11) is 1.34. The standard InChI is InChI=1S/C36H48N6O9/c1-24(25-6-7-27-19-29(9-8-26(27)18-25)41-11-4-3-5-12-41)30(20-37)35(46)38-10-13-48-14-15-49-16-17-50-23-28-21-42(40-39-28)22-31-32(43)33(44)34(45)36(47-2)51-31/h6-9,18-19,21,31-34,36,43-45H,3-5,10-17,22-23H2,1-2H3,(H,38,46)/t31-,32-,33+,34-,36+/m1/s1. The lowest BCUT2D eigenvalue weighted by Crippen LogP contribution is -2.58. The van der Waals surface area contributed by atoms with Crippen molar-refractivity contribution in [1.29, 1.82) is 5.26 Å². The van der Waals surface area contributed by atoms with Crippen molar-refractivity contribution in [1.82, 2.24) is 20.3 Å². The molecule has 0 unspecified atom stereocenters. The summed E-state index contributed by atoms with van der Waals surface area (Å²) in [6.07, 6.45) is -0.657. The Morgan fingerprint density at radius 3 is 2.41 bits per heavy atom. The van der Waals surface area contributed by atoms with Gasteiger partial charge in [-0.1, -0.05) is 23.4 Å². The van der Waals surface area contributed by atoms with Gasteiger partial charge in [-0.05, 0) is 66.3 Å². The first-order valence-electron chi connectivity index (χ1n) is 17.3. The number of anilines is 1. The Bertz CT molecular complexity index is 1650. The number of nitrogens with one attached hydrogen (secondary N) is 1. The van der Waals surface area contributed by atoms with Crippen molar-refractivity contribution in [3.63, 3.8) is 0 Å². The van der Waals surface area contributed by atoms with E-state index in [2.05, 4.69) is 44.8 Å². The first kappa shape index (κ1) is 38.3. The third-order valence-electron chi connectivity index (χ3n) is 9.07. The van der Waals surface area contributed by atoms with Gasteiger partial charge in [-0.3, -0.25) is 4.79 Å². The lowest BCUT2D eigenvalue weighted by Gasteiger charge is -2.39. The number of methoxy groups -OCH3 is 1. The average molecular weight is 709 g/mol. The van der Waals surface area contributed by atoms with E-state index < -0.39 is 36.6 Å². The van der Waals surface area contributed by atoms with Crippen LogP contribution in [0.4, 0.5) is 5.69 Å². The van der Waals surface area contributed by atoms with Crippen LogP contribution in [0.5, 0.6) is 0 Å². The lowest BCUT2D eigenvalue weighted by molar-refractivity contribution is -0.292. The smallest absolute Gasteiger partial charge is 0.262 e. The van der Waals surface area contributed by atoms with E-state index in [1.54, 1.807) is 13.1 Å². The van der Waals surface area contributed by atoms with Crippen LogP contribution in [0.15, 0.2) is 48.2 Å². The number of ether oxygens (including phenoxy) is 5. The molecule has 2 saturated heterocycles. The van der Waals surface area contributed by atoms with Crippen molar-refractivity contribution in [2.75, 3.05) is 64.7 Å². The Balaban J connectivity index is 0.941. The molecule has 0 aliphatic carbocycles. The number of carbonyl (C=O) groups excluding carboxylic acids is 1. The maximum absolute atomic E-state index is 12.8. The number of fused-ring (bicyclic) bond motifs is 1. The lowest BCUT2D eigenvalue weighted by atomic mass is 9.98. The van der Waals surface area contributed by atoms with Gasteiger partial charge in [0.05, 0.1) is 52.4 Å². The summed E-state index contributed by atoms with van der Waals surface area (Å²) in [6.45, 7) is 6.06. The van der Waals surface area contributed by atoms with Crippen LogP contribution in [0, 0.1) is 11.3 Å². The van der Waals surface area contributed by atoms with Crippen molar-refractivity contribution in [3.05, 3.63) is 59.4 Å². The summed E-state index contributed by atoms with van der Waals surface area (Å²) < 4.78 is 28.7. The van der Waals surface area contributed by atoms with E-state index >= 15 is 0 Å². The molecule has 1 amide bonds. The van der Waals surface area contributed by atoms with Gasteiger partial charge in [0.25, 0.3) is 5.91 Å². The number of piperidine rings is 1. The quantitative estimate of drug-likeness (QED) is 0.0898. The fourth-order valence-corrected chi connectivity index (χ4v) is 6.15. The molecule has 5 atom stereocenters. The molecule has 3 heterocycles. The fourth-order valence-electron chi connectivity index (χ4n) is 6.15. The van der Waals surface area contributed by atoms with Crippen molar-refractivity contribution >= 4 is 27.9 Å². The minimum atomic E-state index is -1.42. The number of rotatable bonds is 17. The van der Waals surface area contributed by atoms with E-state index in [9.17, 15) is 25.4 Å². The van der Waals surface area contributed by atoms with Gasteiger partial charge < -0.3 is 49.2 Å². The zero-order valence-electron chi connectivity index (χ0n) is 29.1. The molecule has 4 N–H and O–H groups in total. The van der Waals surface area contributed by atoms with E-state index in [1.165, 1.54) is 36.7 Å². The normalized spacial score (nSPS) is 22.8. The zero-order valence-corrected chi connectivity index (χ0v) is 29.1. The molecular formula is C36H48N6O9. The van der Waals surface area contributed by atoms with Gasteiger partial charge in [0, 0.05) is 32.4 Å². The number of nitriles is 1. The number of amides is 1. The Morgan fingerprint density at radius 1 is 0.961 bits per heavy atom. The van der Waals surface area contributed by atoms with Crippen LogP contribution in [-0.2, 0) is 41.6 Å². The maximum atomic E-state index is 12.8. The van der Waals surface area contributed by atoms with Crippen LogP contribution >= 0.6 is 0 Å². The molecule has 0 radical (unpaired) electrons. The Hall–Kier alpha value is -3.98. The van der Waals surface area contributed by atoms with E-state index in [0.29, 0.717) is 37.7 Å². The average Bonchev–Trinajstić information content (AvgIpc) is 3.61. The third kappa shape index (κ3) is 10.3. The van der Waals surface area contributed by atoms with Gasteiger partial charge in [0.1, 0.15) is 41.8 Å². The molecule has 2 aromatic carbocycles. The highest BCUT2D eigenvalue weighted by Crippen LogP contribution is 2.28. The molecule has 2 aliphatic heterocycles. The Kier molecular flexibility index (Phi) is 14.3. The number of allylic oxidation sites excluding steroid dienone is 1. The topological polar surface area (TPSA) is 194 Å². The van der Waals surface area contributed by atoms with Crippen molar-refractivity contribution in [3.8, 4) is 6.07 Å². The van der Waals surface area contributed by atoms with E-state index in [4.69, 9.17) is 23.7 Å². The van der Waals surface area contributed by atoms with Gasteiger partial charge in [0.2, 0.25) is 0 Å². The minimum absolute atomic E-state index is 0.0722. The van der Waals surface area contributed by atoms with Crippen LogP contribution in [-0.4, -0.2) is 127 Å². The van der Waals surface area contributed by atoms with E-state index in [-0.39, 0.29) is 31.9 Å². The summed E-state index contributed by atoms with van der Waals surface area (Å²) >= 11 is 0. The van der Waals surface area contributed by atoms with Gasteiger partial charge in [-0.15, -0.1) is 5.10 Å². The Morgan fingerprint density at radius 2 is 1.67 bits per heavy atom. The molecular weight excluding hydrogens is 660 g/mol. The second kappa shape index (κ2) is 19.0. The van der Waals surface area contributed by atoms with Crippen LogP contribution in [0.25, 0.3) is 16.3 Å². The van der Waals surface area contributed by atoms with Crippen LogP contribution in [0.3, 0.4) is 0 Å². The predicted molar refractivity (Wildman–Crippen MR) is 186 cm³/mol. The molecule has 5 rings (SSSR count). The second-order valence-corrected chi connectivity index (χ2v) is 12.6. The SMILES string of the molecule is CO[C@H]1O[C@H](Cn2cc(COCCOCCOCCNC(=O)C(C#N)=C(C)c3ccc4cc(N5CCCCC5)ccc4c3)nn2)[C@@H](O)[C@H](O)[C@H]1O. The summed E-state index contributed by atoms with van der Waals surface area (Å²) in [5.74, 6) is -0.439. The molecule has 15 heteroatoms. The molecule has 0 saturated carbocycles. The highest BCUT2D eigenvalue weighted by Gasteiger charge is 2.44. The number of benzene rings is 2. The number of hydrogen-bond acceptors (Lipinski definition) is 13. The number of aliphatic hydroxyl groups is 3. The van der Waals surface area contributed by atoms with Gasteiger partial charge in [-0.25, -0.2) is 4.68 Å². The largest absolute Gasteiger partial charge is 0.388 e. The summed E-state index contributed by atoms with van der Waals surface area (Å²) in [4.78, 5) is 15.2. The summed E-state index contributed by atoms with van der Waals surface area (Å²) in [6, 6.07) is 14.6. The maximum Gasteiger partial charge on any atom is 0.262 e. The van der Waals surface area contributed by atoms with Crippen LogP contribution in [0.2, 0.25) is 0 Å².